The molecule has 0 radical (unpaired) electrons. The summed E-state index contributed by atoms with van der Waals surface area (Å²) in [5.74, 6) is 4.21. The largest absolute Gasteiger partial charge is 0.457 e. The molecule has 0 aliphatic rings. The molecule has 0 aliphatic heterocycles. The molecule has 0 aliphatic carbocycles. The summed E-state index contributed by atoms with van der Waals surface area (Å²) in [5.41, 5.74) is 14.7. The second-order valence-electron chi connectivity index (χ2n) is 16.3. The molecule has 3 heterocycles. The van der Waals surface area contributed by atoms with Crippen LogP contribution in [-0.2, 0) is 32.1 Å². The lowest BCUT2D eigenvalue weighted by molar-refractivity contribution is 0.483. The molecule has 0 saturated carbocycles. The molecule has 5 nitrogen and oxygen atoms in total. The minimum Gasteiger partial charge on any atom is -0.457 e. The van der Waals surface area contributed by atoms with Gasteiger partial charge in [-0.15, -0.1) is 0 Å². The lowest BCUT2D eigenvalue weighted by Crippen LogP contribution is -2.16. The first-order chi connectivity index (χ1) is 26.1. The number of benzene rings is 4. The zero-order chi connectivity index (χ0) is 38.1. The van der Waals surface area contributed by atoms with Gasteiger partial charge in [0.05, 0.1) is 22.9 Å². The van der Waals surface area contributed by atoms with Gasteiger partial charge in [-0.3, -0.25) is 4.57 Å². The fourth-order valence-corrected chi connectivity index (χ4v) is 8.44. The normalized spacial score (nSPS) is 11.9. The van der Waals surface area contributed by atoms with Gasteiger partial charge in [-0.1, -0.05) is 79.7 Å². The van der Waals surface area contributed by atoms with E-state index in [0.717, 1.165) is 66.1 Å². The Labute approximate surface area is 322 Å². The van der Waals surface area contributed by atoms with Gasteiger partial charge < -0.3 is 4.74 Å². The number of rotatable bonds is 13. The molecule has 5 heteroatoms. The van der Waals surface area contributed by atoms with Crippen molar-refractivity contribution in [2.45, 2.75) is 94.4 Å². The predicted molar refractivity (Wildman–Crippen MR) is 227 cm³/mol. The molecule has 278 valence electrons. The highest BCUT2D eigenvalue weighted by molar-refractivity contribution is 6.09. The Hall–Kier alpha value is -5.16. The van der Waals surface area contributed by atoms with E-state index >= 15 is 0 Å². The molecule has 0 saturated heterocycles. The van der Waals surface area contributed by atoms with Crippen LogP contribution in [0.4, 0.5) is 0 Å². The van der Waals surface area contributed by atoms with E-state index in [4.69, 9.17) is 14.8 Å². The molecular weight excluding hydrogens is 661 g/mol. The summed E-state index contributed by atoms with van der Waals surface area (Å²) in [6, 6.07) is 27.3. The van der Waals surface area contributed by atoms with Crippen molar-refractivity contribution in [2.75, 3.05) is 0 Å². The van der Waals surface area contributed by atoms with E-state index in [-0.39, 0.29) is 0 Å². The fraction of sp³-hybridized carbons (Fsp3) is 0.347. The molecule has 0 spiro atoms. The van der Waals surface area contributed by atoms with Gasteiger partial charge >= 0.3 is 0 Å². The number of fused-ring (bicyclic) bond motifs is 3. The smallest absolute Gasteiger partial charge is 0.137 e. The van der Waals surface area contributed by atoms with Gasteiger partial charge in [-0.25, -0.2) is 9.67 Å². The molecule has 0 N–H and O–H groups in total. The number of pyridine rings is 1. The molecule has 0 unspecified atom stereocenters. The maximum absolute atomic E-state index is 6.60. The molecule has 3 aromatic heterocycles. The quantitative estimate of drug-likeness (QED) is 0.119. The van der Waals surface area contributed by atoms with E-state index in [1.807, 2.05) is 23.0 Å². The third kappa shape index (κ3) is 7.33. The third-order valence-corrected chi connectivity index (χ3v) is 10.6. The third-order valence-electron chi connectivity index (χ3n) is 10.6. The highest BCUT2D eigenvalue weighted by Crippen LogP contribution is 2.40. The summed E-state index contributed by atoms with van der Waals surface area (Å²) < 4.78 is 10.8. The summed E-state index contributed by atoms with van der Waals surface area (Å²) in [6.45, 7) is 21.0. The number of para-hydroxylation sites is 1. The summed E-state index contributed by atoms with van der Waals surface area (Å²) in [7, 11) is 0. The van der Waals surface area contributed by atoms with Crippen LogP contribution in [0.15, 0.2) is 97.5 Å². The van der Waals surface area contributed by atoms with Crippen molar-refractivity contribution in [3.63, 3.8) is 0 Å². The molecular formula is C49H56N4O. The van der Waals surface area contributed by atoms with Gasteiger partial charge in [-0.2, -0.15) is 5.10 Å². The average molecular weight is 717 g/mol. The van der Waals surface area contributed by atoms with Crippen molar-refractivity contribution < 1.29 is 4.74 Å². The lowest BCUT2D eigenvalue weighted by Gasteiger charge is -2.28. The molecule has 7 aromatic rings. The van der Waals surface area contributed by atoms with E-state index in [1.54, 1.807) is 16.7 Å². The predicted octanol–water partition coefficient (Wildman–Crippen LogP) is 12.9. The number of nitrogens with zero attached hydrogens (tertiary/aromatic N) is 4. The molecule has 0 amide bonds. The zero-order valence-electron chi connectivity index (χ0n) is 33.7. The Kier molecular flexibility index (Phi) is 10.8. The first-order valence-electron chi connectivity index (χ1n) is 20.0. The fourth-order valence-electron chi connectivity index (χ4n) is 8.44. The first-order valence-corrected chi connectivity index (χ1v) is 20.0. The van der Waals surface area contributed by atoms with Crippen LogP contribution >= 0.6 is 0 Å². The highest BCUT2D eigenvalue weighted by Gasteiger charge is 2.25. The summed E-state index contributed by atoms with van der Waals surface area (Å²) in [4.78, 5) is 4.75. The van der Waals surface area contributed by atoms with Crippen molar-refractivity contribution in [2.24, 2.45) is 17.8 Å². The van der Waals surface area contributed by atoms with Crippen LogP contribution in [0, 0.1) is 24.7 Å². The number of aromatic nitrogens is 4. The van der Waals surface area contributed by atoms with Gasteiger partial charge in [0, 0.05) is 40.9 Å². The molecule has 54 heavy (non-hydrogen) atoms. The topological polar surface area (TPSA) is 44.9 Å². The average Bonchev–Trinajstić information content (AvgIpc) is 3.75. The van der Waals surface area contributed by atoms with Crippen LogP contribution in [0.3, 0.4) is 0 Å². The molecule has 7 rings (SSSR count). The van der Waals surface area contributed by atoms with Crippen LogP contribution in [0.25, 0.3) is 44.4 Å². The van der Waals surface area contributed by atoms with Crippen LogP contribution < -0.4 is 4.74 Å². The van der Waals surface area contributed by atoms with E-state index in [0.29, 0.717) is 17.8 Å². The summed E-state index contributed by atoms with van der Waals surface area (Å²) >= 11 is 0. The van der Waals surface area contributed by atoms with Crippen molar-refractivity contribution in [3.8, 4) is 34.1 Å². The molecule has 0 fully saturated rings. The SMILES string of the molecule is CCc1c(CC(C)C)c(CC(C)C)c(CC(C)C)c(CC)c1-c1cnn(-c2cccc(Oc3ccc4c5ccccc5n(-c5cc(C)ccn5)c4c3)c2)c1. The van der Waals surface area contributed by atoms with Crippen LogP contribution in [-0.4, -0.2) is 19.3 Å². The lowest BCUT2D eigenvalue weighted by atomic mass is 9.76. The Morgan fingerprint density at radius 1 is 0.630 bits per heavy atom. The Morgan fingerprint density at radius 2 is 1.26 bits per heavy atom. The van der Waals surface area contributed by atoms with E-state index < -0.39 is 0 Å². The van der Waals surface area contributed by atoms with E-state index in [1.165, 1.54) is 38.6 Å². The minimum atomic E-state index is 0.585. The van der Waals surface area contributed by atoms with Crippen molar-refractivity contribution in [1.82, 2.24) is 19.3 Å². The van der Waals surface area contributed by atoms with Crippen molar-refractivity contribution in [1.29, 1.82) is 0 Å². The number of ether oxygens (including phenoxy) is 1. The second-order valence-corrected chi connectivity index (χ2v) is 16.3. The van der Waals surface area contributed by atoms with Crippen LogP contribution in [0.5, 0.6) is 11.5 Å². The van der Waals surface area contributed by atoms with Gasteiger partial charge in [0.2, 0.25) is 0 Å². The number of aryl methyl sites for hydroxylation is 1. The van der Waals surface area contributed by atoms with Crippen LogP contribution in [0.2, 0.25) is 0 Å². The minimum absolute atomic E-state index is 0.585. The second kappa shape index (κ2) is 15.7. The van der Waals surface area contributed by atoms with Crippen molar-refractivity contribution >= 4 is 21.8 Å². The van der Waals surface area contributed by atoms with Gasteiger partial charge in [-0.05, 0) is 138 Å². The standard InChI is InChI=1S/C49H56N4O/c1-10-39-43(23-31(3)4)45(25-33(7)8)44(24-32(5)6)40(11-2)49(39)35-29-51-52(30-35)36-15-14-16-37(27-36)54-38-19-20-42-41-17-12-13-18-46(41)53(47(42)28-38)48-26-34(9)21-22-50-48/h12-22,26-33H,10-11,23-25H2,1-9H3. The van der Waals surface area contributed by atoms with Gasteiger partial charge in [0.1, 0.15) is 17.3 Å². The summed E-state index contributed by atoms with van der Waals surface area (Å²) in [5, 5.41) is 7.34. The maximum Gasteiger partial charge on any atom is 0.137 e. The molecule has 0 bridgehead atoms. The van der Waals surface area contributed by atoms with E-state index in [2.05, 4.69) is 146 Å². The monoisotopic (exact) mass is 716 g/mol. The summed E-state index contributed by atoms with van der Waals surface area (Å²) in [6.07, 6.45) is 11.5. The molecule has 0 atom stereocenters. The maximum atomic E-state index is 6.60. The van der Waals surface area contributed by atoms with E-state index in [9.17, 15) is 0 Å². The zero-order valence-corrected chi connectivity index (χ0v) is 33.7. The Morgan fingerprint density at radius 3 is 1.91 bits per heavy atom. The van der Waals surface area contributed by atoms with Crippen LogP contribution in [0.1, 0.15) is 88.8 Å². The van der Waals surface area contributed by atoms with Gasteiger partial charge in [0.15, 0.2) is 0 Å². The first kappa shape index (κ1) is 37.2. The Bertz CT molecular complexity index is 2390. The number of hydrogen-bond donors (Lipinski definition) is 0. The number of hydrogen-bond acceptors (Lipinski definition) is 3. The van der Waals surface area contributed by atoms with Gasteiger partial charge in [0.25, 0.3) is 0 Å². The molecule has 4 aromatic carbocycles. The van der Waals surface area contributed by atoms with Crippen molar-refractivity contribution in [3.05, 3.63) is 131 Å². The highest BCUT2D eigenvalue weighted by atomic mass is 16.5. The Balaban J connectivity index is 1.28.